The average Bonchev–Trinajstić information content (AvgIpc) is 2.29. The van der Waals surface area contributed by atoms with Crippen LogP contribution in [0.3, 0.4) is 0 Å². The third-order valence-corrected chi connectivity index (χ3v) is 2.27. The van der Waals surface area contributed by atoms with E-state index in [1.807, 2.05) is 32.0 Å². The van der Waals surface area contributed by atoms with Gasteiger partial charge in [-0.25, -0.2) is 0 Å². The Bertz CT molecular complexity index is 313. The molecule has 0 aliphatic heterocycles. The predicted octanol–water partition coefficient (Wildman–Crippen LogP) is 0.867. The molecule has 15 heavy (non-hydrogen) atoms. The fraction of sp³-hybridized carbons (Fsp3) is 0.455. The van der Waals surface area contributed by atoms with Crippen LogP contribution in [-0.4, -0.2) is 24.0 Å². The summed E-state index contributed by atoms with van der Waals surface area (Å²) in [6, 6.07) is 5.60. The van der Waals surface area contributed by atoms with Crippen molar-refractivity contribution in [2.45, 2.75) is 25.9 Å². The molecule has 1 aromatic rings. The lowest BCUT2D eigenvalue weighted by molar-refractivity contribution is -0.122. The van der Waals surface area contributed by atoms with Crippen molar-refractivity contribution in [3.05, 3.63) is 30.1 Å². The second-order valence-electron chi connectivity index (χ2n) is 3.48. The third kappa shape index (κ3) is 3.32. The van der Waals surface area contributed by atoms with Gasteiger partial charge in [0.25, 0.3) is 0 Å². The molecule has 0 bridgehead atoms. The number of rotatable bonds is 4. The van der Waals surface area contributed by atoms with E-state index in [1.165, 1.54) is 0 Å². The van der Waals surface area contributed by atoms with Crippen molar-refractivity contribution in [2.75, 3.05) is 7.05 Å². The van der Waals surface area contributed by atoms with Gasteiger partial charge in [0, 0.05) is 19.3 Å². The van der Waals surface area contributed by atoms with E-state index >= 15 is 0 Å². The molecule has 2 N–H and O–H groups in total. The summed E-state index contributed by atoms with van der Waals surface area (Å²) in [5, 5.41) is 5.77. The molecule has 0 aliphatic carbocycles. The molecular weight excluding hydrogens is 190 g/mol. The molecule has 1 heterocycles. The Kier molecular flexibility index (Phi) is 4.24. The van der Waals surface area contributed by atoms with Crippen molar-refractivity contribution in [1.29, 1.82) is 0 Å². The summed E-state index contributed by atoms with van der Waals surface area (Å²) in [4.78, 5) is 15.5. The topological polar surface area (TPSA) is 54.0 Å². The van der Waals surface area contributed by atoms with E-state index in [1.54, 1.807) is 13.2 Å². The van der Waals surface area contributed by atoms with E-state index in [2.05, 4.69) is 15.6 Å². The van der Waals surface area contributed by atoms with E-state index in [-0.39, 0.29) is 18.0 Å². The minimum absolute atomic E-state index is 0.0159. The molecule has 4 heteroatoms. The first-order valence-electron chi connectivity index (χ1n) is 5.03. The molecule has 4 nitrogen and oxygen atoms in total. The second kappa shape index (κ2) is 5.46. The fourth-order valence-corrected chi connectivity index (χ4v) is 1.38. The van der Waals surface area contributed by atoms with Gasteiger partial charge in [-0.3, -0.25) is 15.1 Å². The Morgan fingerprint density at radius 3 is 2.67 bits per heavy atom. The molecule has 0 fully saturated rings. The number of amides is 1. The van der Waals surface area contributed by atoms with Gasteiger partial charge in [-0.15, -0.1) is 0 Å². The number of aromatic nitrogens is 1. The first kappa shape index (κ1) is 11.7. The van der Waals surface area contributed by atoms with Crippen LogP contribution in [0.5, 0.6) is 0 Å². The molecule has 0 spiro atoms. The molecule has 0 saturated carbocycles. The van der Waals surface area contributed by atoms with Gasteiger partial charge in [0.2, 0.25) is 5.91 Å². The standard InChI is InChI=1S/C11H17N3O/c1-8(10-6-4-5-7-13-10)14-9(2)11(15)12-3/h4-9,14H,1-3H3,(H,12,15)/t8-,9?/m1/s1. The molecule has 1 amide bonds. The van der Waals surface area contributed by atoms with Crippen molar-refractivity contribution < 1.29 is 4.79 Å². The van der Waals surface area contributed by atoms with Crippen LogP contribution in [-0.2, 0) is 4.79 Å². The van der Waals surface area contributed by atoms with Crippen molar-refractivity contribution >= 4 is 5.91 Å². The Hall–Kier alpha value is -1.42. The summed E-state index contributed by atoms with van der Waals surface area (Å²) in [5.41, 5.74) is 0.938. The summed E-state index contributed by atoms with van der Waals surface area (Å²) in [6.45, 7) is 3.82. The minimum Gasteiger partial charge on any atom is -0.358 e. The lowest BCUT2D eigenvalue weighted by Crippen LogP contribution is -2.41. The van der Waals surface area contributed by atoms with Crippen LogP contribution >= 0.6 is 0 Å². The Morgan fingerprint density at radius 2 is 2.13 bits per heavy atom. The van der Waals surface area contributed by atoms with Crippen molar-refractivity contribution in [3.8, 4) is 0 Å². The monoisotopic (exact) mass is 207 g/mol. The molecule has 0 radical (unpaired) electrons. The van der Waals surface area contributed by atoms with Crippen LogP contribution < -0.4 is 10.6 Å². The Morgan fingerprint density at radius 1 is 1.40 bits per heavy atom. The highest BCUT2D eigenvalue weighted by molar-refractivity contribution is 5.80. The lowest BCUT2D eigenvalue weighted by Gasteiger charge is -2.18. The number of pyridine rings is 1. The molecule has 82 valence electrons. The van der Waals surface area contributed by atoms with Crippen molar-refractivity contribution in [1.82, 2.24) is 15.6 Å². The SMILES string of the molecule is CNC(=O)C(C)N[C@H](C)c1ccccn1. The maximum Gasteiger partial charge on any atom is 0.236 e. The summed E-state index contributed by atoms with van der Waals surface area (Å²) < 4.78 is 0. The molecule has 2 atom stereocenters. The number of likely N-dealkylation sites (N-methyl/N-ethyl adjacent to an activating group) is 1. The van der Waals surface area contributed by atoms with Crippen LogP contribution in [0.4, 0.5) is 0 Å². The highest BCUT2D eigenvalue weighted by atomic mass is 16.2. The first-order chi connectivity index (χ1) is 7.15. The largest absolute Gasteiger partial charge is 0.358 e. The van der Waals surface area contributed by atoms with Gasteiger partial charge in [0.05, 0.1) is 11.7 Å². The summed E-state index contributed by atoms with van der Waals surface area (Å²) in [7, 11) is 1.63. The highest BCUT2D eigenvalue weighted by Gasteiger charge is 2.14. The van der Waals surface area contributed by atoms with Crippen molar-refractivity contribution in [2.24, 2.45) is 0 Å². The molecule has 1 rings (SSSR count). The molecule has 1 aromatic heterocycles. The summed E-state index contributed by atoms with van der Waals surface area (Å²) in [5.74, 6) is -0.0159. The van der Waals surface area contributed by atoms with E-state index in [9.17, 15) is 4.79 Å². The molecule has 0 aromatic carbocycles. The Balaban J connectivity index is 2.56. The van der Waals surface area contributed by atoms with Gasteiger partial charge < -0.3 is 5.32 Å². The van der Waals surface area contributed by atoms with Crippen LogP contribution in [0, 0.1) is 0 Å². The number of carbonyl (C=O) groups excluding carboxylic acids is 1. The molecule has 0 aliphatic rings. The summed E-state index contributed by atoms with van der Waals surface area (Å²) >= 11 is 0. The van der Waals surface area contributed by atoms with Crippen LogP contribution in [0.25, 0.3) is 0 Å². The number of hydrogen-bond donors (Lipinski definition) is 2. The Labute approximate surface area is 90.1 Å². The summed E-state index contributed by atoms with van der Waals surface area (Å²) in [6.07, 6.45) is 1.75. The second-order valence-corrected chi connectivity index (χ2v) is 3.48. The van der Waals surface area contributed by atoms with Gasteiger partial charge in [-0.2, -0.15) is 0 Å². The first-order valence-corrected chi connectivity index (χ1v) is 5.03. The van der Waals surface area contributed by atoms with Gasteiger partial charge in [-0.05, 0) is 26.0 Å². The number of carbonyl (C=O) groups is 1. The van der Waals surface area contributed by atoms with E-state index < -0.39 is 0 Å². The fourth-order valence-electron chi connectivity index (χ4n) is 1.38. The maximum absolute atomic E-state index is 11.3. The molecule has 0 saturated heterocycles. The third-order valence-electron chi connectivity index (χ3n) is 2.27. The van der Waals surface area contributed by atoms with E-state index in [0.717, 1.165) is 5.69 Å². The van der Waals surface area contributed by atoms with E-state index in [0.29, 0.717) is 0 Å². The predicted molar refractivity (Wildman–Crippen MR) is 59.3 cm³/mol. The maximum atomic E-state index is 11.3. The zero-order valence-electron chi connectivity index (χ0n) is 9.32. The van der Waals surface area contributed by atoms with Gasteiger partial charge >= 0.3 is 0 Å². The van der Waals surface area contributed by atoms with Gasteiger partial charge in [0.15, 0.2) is 0 Å². The van der Waals surface area contributed by atoms with Crippen molar-refractivity contribution in [3.63, 3.8) is 0 Å². The van der Waals surface area contributed by atoms with Crippen LogP contribution in [0.15, 0.2) is 24.4 Å². The quantitative estimate of drug-likeness (QED) is 0.770. The number of nitrogens with one attached hydrogen (secondary N) is 2. The smallest absolute Gasteiger partial charge is 0.236 e. The zero-order chi connectivity index (χ0) is 11.3. The minimum atomic E-state index is -0.216. The molecule has 1 unspecified atom stereocenters. The lowest BCUT2D eigenvalue weighted by atomic mass is 10.2. The number of hydrogen-bond acceptors (Lipinski definition) is 3. The van der Waals surface area contributed by atoms with Gasteiger partial charge in [0.1, 0.15) is 0 Å². The number of nitrogens with zero attached hydrogens (tertiary/aromatic N) is 1. The van der Waals surface area contributed by atoms with Crippen LogP contribution in [0.2, 0.25) is 0 Å². The van der Waals surface area contributed by atoms with E-state index in [4.69, 9.17) is 0 Å². The molecular formula is C11H17N3O. The van der Waals surface area contributed by atoms with Crippen LogP contribution in [0.1, 0.15) is 25.6 Å². The average molecular weight is 207 g/mol. The highest BCUT2D eigenvalue weighted by Crippen LogP contribution is 2.08. The normalized spacial score (nSPS) is 14.3. The van der Waals surface area contributed by atoms with Gasteiger partial charge in [-0.1, -0.05) is 6.07 Å². The zero-order valence-corrected chi connectivity index (χ0v) is 9.32.